The maximum Gasteiger partial charge on any atom is 0.255 e. The minimum atomic E-state index is -0.402. The van der Waals surface area contributed by atoms with Gasteiger partial charge in [0.15, 0.2) is 5.16 Å². The number of rotatable bonds is 8. The smallest absolute Gasteiger partial charge is 0.255 e. The zero-order chi connectivity index (χ0) is 22.4. The molecule has 0 unspecified atom stereocenters. The van der Waals surface area contributed by atoms with E-state index >= 15 is 0 Å². The topological polar surface area (TPSA) is 93.3 Å². The van der Waals surface area contributed by atoms with E-state index in [0.717, 1.165) is 0 Å². The number of hydrogen-bond donors (Lipinski definition) is 2. The Morgan fingerprint density at radius 2 is 1.97 bits per heavy atom. The van der Waals surface area contributed by atoms with Gasteiger partial charge in [0.1, 0.15) is 17.3 Å². The van der Waals surface area contributed by atoms with Crippen molar-refractivity contribution in [2.75, 3.05) is 19.5 Å². The van der Waals surface area contributed by atoms with Crippen molar-refractivity contribution in [3.63, 3.8) is 0 Å². The molecule has 0 saturated heterocycles. The summed E-state index contributed by atoms with van der Waals surface area (Å²) in [4.78, 5) is 32.1. The molecule has 7 nitrogen and oxygen atoms in total. The monoisotopic (exact) mass is 443 g/mol. The molecule has 2 N–H and O–H groups in total. The summed E-state index contributed by atoms with van der Waals surface area (Å²) in [6, 6.07) is 11.4. The van der Waals surface area contributed by atoms with E-state index in [9.17, 15) is 14.0 Å². The highest BCUT2D eigenvalue weighted by atomic mass is 32.2. The van der Waals surface area contributed by atoms with Crippen molar-refractivity contribution in [3.05, 3.63) is 75.5 Å². The Morgan fingerprint density at radius 3 is 2.65 bits per heavy atom. The van der Waals surface area contributed by atoms with Gasteiger partial charge in [-0.15, -0.1) is 0 Å². The van der Waals surface area contributed by atoms with E-state index in [1.54, 1.807) is 43.3 Å². The maximum atomic E-state index is 13.8. The molecule has 31 heavy (non-hydrogen) atoms. The van der Waals surface area contributed by atoms with E-state index in [2.05, 4.69) is 15.3 Å². The van der Waals surface area contributed by atoms with Crippen molar-refractivity contribution in [1.82, 2.24) is 9.97 Å². The van der Waals surface area contributed by atoms with Crippen LogP contribution in [0, 0.1) is 12.7 Å². The third kappa shape index (κ3) is 5.64. The first-order valence-corrected chi connectivity index (χ1v) is 10.4. The fraction of sp³-hybridized carbons (Fsp3) is 0.227. The lowest BCUT2D eigenvalue weighted by molar-refractivity contribution is -0.115. The molecule has 1 heterocycles. The molecule has 0 radical (unpaired) electrons. The van der Waals surface area contributed by atoms with Gasteiger partial charge >= 0.3 is 0 Å². The number of halogens is 1. The Bertz CT molecular complexity index is 1150. The summed E-state index contributed by atoms with van der Waals surface area (Å²) in [5, 5.41) is 3.10. The Hall–Kier alpha value is -3.33. The molecule has 1 aromatic heterocycles. The molecular weight excluding hydrogens is 421 g/mol. The molecule has 3 aromatic rings. The van der Waals surface area contributed by atoms with Crippen LogP contribution in [0.4, 0.5) is 10.1 Å². The molecule has 0 aliphatic rings. The summed E-state index contributed by atoms with van der Waals surface area (Å²) in [6.45, 7) is 1.67. The van der Waals surface area contributed by atoms with Crippen LogP contribution in [0.3, 0.4) is 0 Å². The Morgan fingerprint density at radius 1 is 1.19 bits per heavy atom. The number of H-pyrrole nitrogens is 1. The lowest BCUT2D eigenvalue weighted by Gasteiger charge is -2.12. The van der Waals surface area contributed by atoms with E-state index in [-0.39, 0.29) is 23.7 Å². The van der Waals surface area contributed by atoms with E-state index in [1.165, 1.54) is 32.0 Å². The van der Waals surface area contributed by atoms with Crippen molar-refractivity contribution >= 4 is 23.4 Å². The van der Waals surface area contributed by atoms with Gasteiger partial charge in [-0.25, -0.2) is 9.37 Å². The third-order valence-electron chi connectivity index (χ3n) is 4.54. The number of thioether (sulfide) groups is 1. The van der Waals surface area contributed by atoms with Gasteiger partial charge in [-0.3, -0.25) is 9.59 Å². The number of carbonyl (C=O) groups excluding carboxylic acids is 1. The summed E-state index contributed by atoms with van der Waals surface area (Å²) in [5.41, 5.74) is 1.29. The van der Waals surface area contributed by atoms with Crippen LogP contribution in [0.5, 0.6) is 11.5 Å². The molecular formula is C22H22FN3O4S. The lowest BCUT2D eigenvalue weighted by atomic mass is 10.1. The molecule has 0 fully saturated rings. The molecule has 0 saturated carbocycles. The molecule has 0 bridgehead atoms. The molecule has 1 amide bonds. The first-order chi connectivity index (χ1) is 14.9. The lowest BCUT2D eigenvalue weighted by Crippen LogP contribution is -2.24. The van der Waals surface area contributed by atoms with Gasteiger partial charge in [0.2, 0.25) is 5.91 Å². The highest BCUT2D eigenvalue weighted by Crippen LogP contribution is 2.29. The van der Waals surface area contributed by atoms with Crippen LogP contribution < -0.4 is 20.3 Å². The fourth-order valence-corrected chi connectivity index (χ4v) is 3.77. The molecule has 0 aliphatic heterocycles. The number of hydrogen-bond acceptors (Lipinski definition) is 6. The average Bonchev–Trinajstić information content (AvgIpc) is 2.76. The van der Waals surface area contributed by atoms with E-state index in [1.807, 2.05) is 0 Å². The first-order valence-electron chi connectivity index (χ1n) is 9.39. The van der Waals surface area contributed by atoms with Crippen molar-refractivity contribution < 1.29 is 18.7 Å². The van der Waals surface area contributed by atoms with Crippen molar-refractivity contribution in [3.8, 4) is 11.5 Å². The minimum Gasteiger partial charge on any atom is -0.497 e. The standard InChI is InChI=1S/C22H22FN3O4S/c1-13-16(11-20(27)25-18-9-8-15(29-2)10-19(18)30-3)21(28)26-22(24-13)31-12-14-6-4-5-7-17(14)23/h4-10H,11-12H2,1-3H3,(H,25,27)(H,24,26,28). The minimum absolute atomic E-state index is 0.151. The van der Waals surface area contributed by atoms with Crippen molar-refractivity contribution in [2.24, 2.45) is 0 Å². The average molecular weight is 444 g/mol. The number of amides is 1. The molecule has 0 atom stereocenters. The third-order valence-corrected chi connectivity index (χ3v) is 5.47. The summed E-state index contributed by atoms with van der Waals surface area (Å²) >= 11 is 1.22. The zero-order valence-corrected chi connectivity index (χ0v) is 18.1. The number of nitrogens with one attached hydrogen (secondary N) is 2. The first kappa shape index (κ1) is 22.4. The molecule has 9 heteroatoms. The number of ether oxygens (including phenoxy) is 2. The van der Waals surface area contributed by atoms with Crippen LogP contribution in [0.15, 0.2) is 52.4 Å². The number of nitrogens with zero attached hydrogens (tertiary/aromatic N) is 1. The summed E-state index contributed by atoms with van der Waals surface area (Å²) < 4.78 is 24.2. The molecule has 0 spiro atoms. The Balaban J connectivity index is 1.70. The Kier molecular flexibility index (Phi) is 7.30. The van der Waals surface area contributed by atoms with Crippen molar-refractivity contribution in [2.45, 2.75) is 24.3 Å². The number of aryl methyl sites for hydroxylation is 1. The van der Waals surface area contributed by atoms with Crippen LogP contribution in [-0.2, 0) is 17.0 Å². The number of carbonyl (C=O) groups is 1. The van der Waals surface area contributed by atoms with E-state index < -0.39 is 5.56 Å². The highest BCUT2D eigenvalue weighted by molar-refractivity contribution is 7.98. The second-order valence-electron chi connectivity index (χ2n) is 6.61. The predicted molar refractivity (Wildman–Crippen MR) is 117 cm³/mol. The van der Waals surface area contributed by atoms with Gasteiger partial charge in [0.05, 0.1) is 26.3 Å². The van der Waals surface area contributed by atoms with Gasteiger partial charge in [-0.05, 0) is 30.7 Å². The van der Waals surface area contributed by atoms with Gasteiger partial charge in [0.25, 0.3) is 5.56 Å². The number of aromatic amines is 1. The Labute approximate surface area is 183 Å². The quantitative estimate of drug-likeness (QED) is 0.407. The zero-order valence-electron chi connectivity index (χ0n) is 17.3. The fourth-order valence-electron chi connectivity index (χ4n) is 2.88. The summed E-state index contributed by atoms with van der Waals surface area (Å²) in [6.07, 6.45) is -0.151. The van der Waals surface area contributed by atoms with E-state index in [4.69, 9.17) is 9.47 Å². The number of methoxy groups -OCH3 is 2. The van der Waals surface area contributed by atoms with Gasteiger partial charge in [-0.1, -0.05) is 30.0 Å². The van der Waals surface area contributed by atoms with Crippen molar-refractivity contribution in [1.29, 1.82) is 0 Å². The van der Waals surface area contributed by atoms with Crippen LogP contribution in [0.25, 0.3) is 0 Å². The van der Waals surface area contributed by atoms with Crippen LogP contribution in [0.1, 0.15) is 16.8 Å². The molecule has 0 aliphatic carbocycles. The van der Waals surface area contributed by atoms with Gasteiger partial charge in [-0.2, -0.15) is 0 Å². The van der Waals surface area contributed by atoms with Crippen LogP contribution >= 0.6 is 11.8 Å². The van der Waals surface area contributed by atoms with Crippen LogP contribution in [-0.4, -0.2) is 30.1 Å². The number of benzene rings is 2. The number of anilines is 1. The molecule has 2 aromatic carbocycles. The second kappa shape index (κ2) is 10.1. The predicted octanol–water partition coefficient (Wildman–Crippen LogP) is 3.71. The largest absolute Gasteiger partial charge is 0.497 e. The maximum absolute atomic E-state index is 13.8. The van der Waals surface area contributed by atoms with Gasteiger partial charge < -0.3 is 19.8 Å². The van der Waals surface area contributed by atoms with Gasteiger partial charge in [0, 0.05) is 23.1 Å². The highest BCUT2D eigenvalue weighted by Gasteiger charge is 2.15. The number of aromatic nitrogens is 2. The SMILES string of the molecule is COc1ccc(NC(=O)Cc2c(C)nc(SCc3ccccc3F)[nH]c2=O)c(OC)c1. The van der Waals surface area contributed by atoms with E-state index in [0.29, 0.717) is 39.4 Å². The summed E-state index contributed by atoms with van der Waals surface area (Å²) in [7, 11) is 3.02. The summed E-state index contributed by atoms with van der Waals surface area (Å²) in [5.74, 6) is 0.666. The molecule has 3 rings (SSSR count). The van der Waals surface area contributed by atoms with Crippen LogP contribution in [0.2, 0.25) is 0 Å². The second-order valence-corrected chi connectivity index (χ2v) is 7.57. The normalized spacial score (nSPS) is 10.6. The molecule has 162 valence electrons.